The Morgan fingerprint density at radius 1 is 1.14 bits per heavy atom. The van der Waals surface area contributed by atoms with E-state index in [4.69, 9.17) is 9.47 Å². The van der Waals surface area contributed by atoms with Crippen LogP contribution in [0, 0.1) is 5.82 Å². The highest BCUT2D eigenvalue weighted by molar-refractivity contribution is 5.96. The Kier molecular flexibility index (Phi) is 7.04. The Morgan fingerprint density at radius 2 is 1.92 bits per heavy atom. The molecule has 8 nitrogen and oxygen atoms in total. The summed E-state index contributed by atoms with van der Waals surface area (Å²) < 4.78 is 25.3. The summed E-state index contributed by atoms with van der Waals surface area (Å²) in [5, 5.41) is 23.5. The van der Waals surface area contributed by atoms with Crippen molar-refractivity contribution in [1.82, 2.24) is 10.2 Å². The summed E-state index contributed by atoms with van der Waals surface area (Å²) in [6.07, 6.45) is 0.352. The number of hydrogen-bond acceptors (Lipinski definition) is 6. The molecule has 5 rings (SSSR count). The molecule has 2 heterocycles. The molecule has 2 aliphatic heterocycles. The monoisotopic (exact) mass is 496 g/mol. The maximum atomic E-state index is 13.6. The van der Waals surface area contributed by atoms with Crippen molar-refractivity contribution in [1.29, 1.82) is 0 Å². The van der Waals surface area contributed by atoms with Crippen molar-refractivity contribution in [2.24, 2.45) is 0 Å². The molecule has 9 heteroatoms. The number of benzene rings is 2. The summed E-state index contributed by atoms with van der Waals surface area (Å²) in [6.45, 7) is 0.409. The summed E-state index contributed by atoms with van der Waals surface area (Å²) >= 11 is 0. The molecule has 0 bridgehead atoms. The molecule has 2 amide bonds. The number of aliphatic hydroxyl groups is 2. The highest BCUT2D eigenvalue weighted by Gasteiger charge is 2.51. The first kappa shape index (κ1) is 24.4. The Morgan fingerprint density at radius 3 is 2.64 bits per heavy atom. The lowest BCUT2D eigenvalue weighted by Crippen LogP contribution is -2.57. The number of halogens is 1. The number of rotatable bonds is 7. The second kappa shape index (κ2) is 10.4. The molecule has 1 fully saturated rings. The molecular formula is C27H29FN2O6. The first-order valence-corrected chi connectivity index (χ1v) is 12.2. The maximum Gasteiger partial charge on any atom is 0.252 e. The molecule has 0 aromatic heterocycles. The first-order chi connectivity index (χ1) is 17.5. The van der Waals surface area contributed by atoms with Crippen molar-refractivity contribution < 1.29 is 33.7 Å². The second-order valence-corrected chi connectivity index (χ2v) is 9.27. The van der Waals surface area contributed by atoms with Gasteiger partial charge >= 0.3 is 0 Å². The van der Waals surface area contributed by atoms with Crippen LogP contribution in [-0.4, -0.2) is 71.0 Å². The van der Waals surface area contributed by atoms with Crippen LogP contribution < -0.4 is 10.1 Å². The van der Waals surface area contributed by atoms with Crippen LogP contribution in [0.15, 0.2) is 60.2 Å². The fourth-order valence-corrected chi connectivity index (χ4v) is 5.27. The van der Waals surface area contributed by atoms with Gasteiger partial charge in [0.05, 0.1) is 18.6 Å². The SMILES string of the molecule is O=C(NCCO)C1=CC(N(Cc2ccc(F)cc2)C(=O)C2CCCO2)C(O)C2Oc3ccccc3C12. The normalized spacial score (nSPS) is 26.4. The molecule has 3 aliphatic rings. The van der Waals surface area contributed by atoms with Gasteiger partial charge in [0.1, 0.15) is 29.9 Å². The number of nitrogens with one attached hydrogen (secondary N) is 1. The van der Waals surface area contributed by atoms with E-state index in [9.17, 15) is 24.2 Å². The molecule has 2 aromatic rings. The average Bonchev–Trinajstić information content (AvgIpc) is 3.56. The van der Waals surface area contributed by atoms with Crippen LogP contribution in [0.25, 0.3) is 0 Å². The molecule has 190 valence electrons. The molecule has 0 saturated carbocycles. The number of aliphatic hydroxyl groups excluding tert-OH is 2. The zero-order chi connectivity index (χ0) is 25.2. The minimum absolute atomic E-state index is 0.0669. The van der Waals surface area contributed by atoms with Crippen molar-refractivity contribution in [3.05, 3.63) is 77.1 Å². The highest BCUT2D eigenvalue weighted by atomic mass is 19.1. The average molecular weight is 497 g/mol. The predicted molar refractivity (Wildman–Crippen MR) is 127 cm³/mol. The smallest absolute Gasteiger partial charge is 0.252 e. The molecule has 2 aromatic carbocycles. The molecule has 5 unspecified atom stereocenters. The molecule has 5 atom stereocenters. The van der Waals surface area contributed by atoms with E-state index in [-0.39, 0.29) is 25.6 Å². The van der Waals surface area contributed by atoms with Gasteiger partial charge < -0.3 is 29.9 Å². The van der Waals surface area contributed by atoms with Crippen molar-refractivity contribution in [3.8, 4) is 5.75 Å². The minimum Gasteiger partial charge on any atom is -0.486 e. The van der Waals surface area contributed by atoms with E-state index in [0.717, 1.165) is 12.0 Å². The standard InChI is InChI=1S/C27H29FN2O6/c28-17-9-7-16(8-10-17)15-30(27(34)22-6-3-13-35-22)20-14-19(26(33)29-11-12-31)23-18-4-1-2-5-21(18)36-25(23)24(20)32/h1-2,4-5,7-10,14,20,22-25,31-32H,3,6,11-13,15H2,(H,29,33). The van der Waals surface area contributed by atoms with Crippen LogP contribution in [0.1, 0.15) is 29.9 Å². The van der Waals surface area contributed by atoms with Gasteiger partial charge in [0.2, 0.25) is 5.91 Å². The van der Waals surface area contributed by atoms with Crippen LogP contribution in [0.3, 0.4) is 0 Å². The Labute approximate surface area is 208 Å². The molecule has 3 N–H and O–H groups in total. The lowest BCUT2D eigenvalue weighted by molar-refractivity contribution is -0.147. The summed E-state index contributed by atoms with van der Waals surface area (Å²) in [5.41, 5.74) is 1.81. The largest absolute Gasteiger partial charge is 0.486 e. The van der Waals surface area contributed by atoms with Crippen molar-refractivity contribution in [2.45, 2.75) is 49.7 Å². The maximum absolute atomic E-state index is 13.6. The lowest BCUT2D eigenvalue weighted by atomic mass is 9.77. The minimum atomic E-state index is -1.14. The number of hydrogen-bond donors (Lipinski definition) is 3. The van der Waals surface area contributed by atoms with Gasteiger partial charge in [0.15, 0.2) is 0 Å². The molecule has 0 spiro atoms. The van der Waals surface area contributed by atoms with E-state index in [1.54, 1.807) is 24.3 Å². The number of amides is 2. The van der Waals surface area contributed by atoms with E-state index in [1.807, 2.05) is 18.2 Å². The topological polar surface area (TPSA) is 108 Å². The molecule has 0 radical (unpaired) electrons. The van der Waals surface area contributed by atoms with Gasteiger partial charge in [-0.05, 0) is 42.7 Å². The molecule has 1 aliphatic carbocycles. The predicted octanol–water partition coefficient (Wildman–Crippen LogP) is 1.66. The zero-order valence-corrected chi connectivity index (χ0v) is 19.7. The van der Waals surface area contributed by atoms with Crippen LogP contribution in [0.4, 0.5) is 4.39 Å². The van der Waals surface area contributed by atoms with E-state index >= 15 is 0 Å². The fourth-order valence-electron chi connectivity index (χ4n) is 5.27. The van der Waals surface area contributed by atoms with Gasteiger partial charge in [-0.3, -0.25) is 9.59 Å². The number of ether oxygens (including phenoxy) is 2. The van der Waals surface area contributed by atoms with Gasteiger partial charge in [-0.15, -0.1) is 0 Å². The Balaban J connectivity index is 1.55. The van der Waals surface area contributed by atoms with Gasteiger partial charge in [-0.1, -0.05) is 30.3 Å². The van der Waals surface area contributed by atoms with Crippen molar-refractivity contribution >= 4 is 11.8 Å². The third-order valence-corrected chi connectivity index (χ3v) is 6.99. The molecule has 1 saturated heterocycles. The number of nitrogens with zero attached hydrogens (tertiary/aromatic N) is 1. The molecule has 36 heavy (non-hydrogen) atoms. The van der Waals surface area contributed by atoms with E-state index < -0.39 is 42.0 Å². The lowest BCUT2D eigenvalue weighted by Gasteiger charge is -2.41. The van der Waals surface area contributed by atoms with Gasteiger partial charge in [-0.25, -0.2) is 4.39 Å². The van der Waals surface area contributed by atoms with Gasteiger partial charge in [-0.2, -0.15) is 0 Å². The molecular weight excluding hydrogens is 467 g/mol. The van der Waals surface area contributed by atoms with Crippen LogP contribution in [-0.2, 0) is 20.9 Å². The fraction of sp³-hybridized carbons (Fsp3) is 0.407. The number of carbonyl (C=O) groups is 2. The number of carbonyl (C=O) groups excluding carboxylic acids is 2. The van der Waals surface area contributed by atoms with E-state index in [2.05, 4.69) is 5.32 Å². The number of fused-ring (bicyclic) bond motifs is 3. The zero-order valence-electron chi connectivity index (χ0n) is 19.7. The summed E-state index contributed by atoms with van der Waals surface area (Å²) in [6, 6.07) is 12.2. The summed E-state index contributed by atoms with van der Waals surface area (Å²) in [4.78, 5) is 28.3. The summed E-state index contributed by atoms with van der Waals surface area (Å²) in [5.74, 6) is -1.06. The van der Waals surface area contributed by atoms with Gasteiger partial charge in [0.25, 0.3) is 5.91 Å². The van der Waals surface area contributed by atoms with Crippen LogP contribution in [0.2, 0.25) is 0 Å². The Hall–Kier alpha value is -3.27. The van der Waals surface area contributed by atoms with Gasteiger partial charge in [0, 0.05) is 30.8 Å². The van der Waals surface area contributed by atoms with Crippen molar-refractivity contribution in [3.63, 3.8) is 0 Å². The third-order valence-electron chi connectivity index (χ3n) is 6.99. The highest BCUT2D eigenvalue weighted by Crippen LogP contribution is 2.47. The van der Waals surface area contributed by atoms with Crippen LogP contribution >= 0.6 is 0 Å². The number of para-hydroxylation sites is 1. The first-order valence-electron chi connectivity index (χ1n) is 12.2. The van der Waals surface area contributed by atoms with Crippen molar-refractivity contribution in [2.75, 3.05) is 19.8 Å². The third kappa shape index (κ3) is 4.61. The van der Waals surface area contributed by atoms with E-state index in [1.165, 1.54) is 17.0 Å². The second-order valence-electron chi connectivity index (χ2n) is 9.27. The van der Waals surface area contributed by atoms with E-state index in [0.29, 0.717) is 29.9 Å². The summed E-state index contributed by atoms with van der Waals surface area (Å²) in [7, 11) is 0. The Bertz CT molecular complexity index is 1150. The quantitative estimate of drug-likeness (QED) is 0.538. The van der Waals surface area contributed by atoms with Crippen LogP contribution in [0.5, 0.6) is 5.75 Å².